The van der Waals surface area contributed by atoms with Crippen molar-refractivity contribution in [1.29, 1.82) is 0 Å². The highest BCUT2D eigenvalue weighted by atomic mass is 16.2. The van der Waals surface area contributed by atoms with Crippen LogP contribution in [0.25, 0.3) is 0 Å². The van der Waals surface area contributed by atoms with E-state index < -0.39 is 0 Å². The van der Waals surface area contributed by atoms with Gasteiger partial charge in [0.1, 0.15) is 5.70 Å². The van der Waals surface area contributed by atoms with Crippen LogP contribution in [0.1, 0.15) is 25.7 Å². The van der Waals surface area contributed by atoms with Crippen LogP contribution in [-0.4, -0.2) is 23.9 Å². The summed E-state index contributed by atoms with van der Waals surface area (Å²) in [6.07, 6.45) is 6.15. The lowest BCUT2D eigenvalue weighted by Crippen LogP contribution is -2.43. The van der Waals surface area contributed by atoms with Gasteiger partial charge in [-0.1, -0.05) is 0 Å². The van der Waals surface area contributed by atoms with Gasteiger partial charge < -0.3 is 16.1 Å². The van der Waals surface area contributed by atoms with E-state index in [2.05, 4.69) is 5.43 Å². The Morgan fingerprint density at radius 3 is 2.27 bits per heavy atom. The molecular formula is C10H18N4O. The Bertz CT molecular complexity index is 286. The van der Waals surface area contributed by atoms with Crippen molar-refractivity contribution in [2.45, 2.75) is 25.7 Å². The molecule has 0 atom stereocenters. The number of carbonyl (C=O) groups excluding carboxylic acids is 1. The molecule has 1 amide bonds. The van der Waals surface area contributed by atoms with Crippen molar-refractivity contribution >= 4 is 5.91 Å². The largest absolute Gasteiger partial charge is 0.403 e. The van der Waals surface area contributed by atoms with Crippen LogP contribution in [0.4, 0.5) is 0 Å². The molecule has 5 N–H and O–H groups in total. The normalized spacial score (nSPS) is 24.1. The monoisotopic (exact) mass is 210 g/mol. The number of carbonyl (C=O) groups is 1. The Morgan fingerprint density at radius 1 is 1.27 bits per heavy atom. The van der Waals surface area contributed by atoms with Gasteiger partial charge in [0.15, 0.2) is 0 Å². The molecule has 1 heterocycles. The molecule has 1 aliphatic heterocycles. The maximum absolute atomic E-state index is 11.8. The molecule has 0 unspecified atom stereocenters. The van der Waals surface area contributed by atoms with E-state index in [1.165, 1.54) is 19.0 Å². The summed E-state index contributed by atoms with van der Waals surface area (Å²) >= 11 is 0. The third-order valence-electron chi connectivity index (χ3n) is 3.62. The van der Waals surface area contributed by atoms with Gasteiger partial charge in [-0.05, 0) is 31.1 Å². The third-order valence-corrected chi connectivity index (χ3v) is 3.62. The molecule has 0 aromatic rings. The van der Waals surface area contributed by atoms with E-state index in [9.17, 15) is 4.79 Å². The molecule has 2 rings (SSSR count). The zero-order valence-electron chi connectivity index (χ0n) is 8.83. The smallest absolute Gasteiger partial charge is 0.272 e. The van der Waals surface area contributed by atoms with Crippen LogP contribution in [0.15, 0.2) is 11.9 Å². The van der Waals surface area contributed by atoms with E-state index in [0.29, 0.717) is 5.41 Å². The number of likely N-dealkylation sites (tertiary alicyclic amines) is 1. The van der Waals surface area contributed by atoms with E-state index in [-0.39, 0.29) is 11.6 Å². The van der Waals surface area contributed by atoms with Crippen molar-refractivity contribution in [3.05, 3.63) is 11.9 Å². The lowest BCUT2D eigenvalue weighted by Gasteiger charge is -2.32. The first-order valence-corrected chi connectivity index (χ1v) is 5.39. The lowest BCUT2D eigenvalue weighted by atomic mass is 9.93. The molecule has 15 heavy (non-hydrogen) atoms. The van der Waals surface area contributed by atoms with Crippen LogP contribution in [0, 0.1) is 5.41 Å². The standard InChI is InChI=1S/C10H18N4O/c11-7-8(13-12)9(15)14-5-3-10(1-2-10)4-6-14/h7,13H,1-6,11-12H2/b8-7-. The van der Waals surface area contributed by atoms with Crippen LogP contribution in [-0.2, 0) is 4.79 Å². The highest BCUT2D eigenvalue weighted by molar-refractivity contribution is 5.92. The number of nitrogens with zero attached hydrogens (tertiary/aromatic N) is 1. The van der Waals surface area contributed by atoms with Gasteiger partial charge in [-0.2, -0.15) is 0 Å². The molecule has 5 heteroatoms. The predicted molar refractivity (Wildman–Crippen MR) is 57.1 cm³/mol. The van der Waals surface area contributed by atoms with E-state index in [0.717, 1.165) is 25.9 Å². The highest BCUT2D eigenvalue weighted by Crippen LogP contribution is 2.53. The second-order valence-electron chi connectivity index (χ2n) is 4.52. The second kappa shape index (κ2) is 3.73. The topological polar surface area (TPSA) is 84.4 Å². The van der Waals surface area contributed by atoms with E-state index in [1.807, 2.05) is 4.90 Å². The highest BCUT2D eigenvalue weighted by Gasteiger charge is 2.45. The molecule has 84 valence electrons. The molecule has 1 aliphatic carbocycles. The van der Waals surface area contributed by atoms with Gasteiger partial charge in [0.25, 0.3) is 5.91 Å². The van der Waals surface area contributed by atoms with Crippen molar-refractivity contribution in [2.75, 3.05) is 13.1 Å². The molecule has 5 nitrogen and oxygen atoms in total. The van der Waals surface area contributed by atoms with Crippen molar-refractivity contribution in [2.24, 2.45) is 17.0 Å². The quantitative estimate of drug-likeness (QED) is 0.330. The number of nitrogens with one attached hydrogen (secondary N) is 1. The fourth-order valence-corrected chi connectivity index (χ4v) is 2.21. The summed E-state index contributed by atoms with van der Waals surface area (Å²) in [6.45, 7) is 1.66. The fraction of sp³-hybridized carbons (Fsp3) is 0.700. The number of amides is 1. The summed E-state index contributed by atoms with van der Waals surface area (Å²) in [5.74, 6) is 5.12. The second-order valence-corrected chi connectivity index (χ2v) is 4.52. The maximum Gasteiger partial charge on any atom is 0.272 e. The van der Waals surface area contributed by atoms with Crippen LogP contribution in [0.2, 0.25) is 0 Å². The Labute approximate surface area is 89.4 Å². The summed E-state index contributed by atoms with van der Waals surface area (Å²) < 4.78 is 0. The molecule has 2 aliphatic rings. The minimum Gasteiger partial charge on any atom is -0.403 e. The number of piperidine rings is 1. The number of nitrogens with two attached hydrogens (primary N) is 2. The third kappa shape index (κ3) is 1.92. The molecule has 0 bridgehead atoms. The SMILES string of the molecule is N/C=C(\NN)C(=O)N1CCC2(CC1)CC2. The molecule has 0 radical (unpaired) electrons. The Hall–Kier alpha value is -1.23. The molecule has 1 saturated carbocycles. The first kappa shape index (κ1) is 10.3. The van der Waals surface area contributed by atoms with Gasteiger partial charge in [0.2, 0.25) is 0 Å². The van der Waals surface area contributed by atoms with Gasteiger partial charge in [-0.3, -0.25) is 10.6 Å². The summed E-state index contributed by atoms with van der Waals surface area (Å²) in [6, 6.07) is 0. The predicted octanol–water partition coefficient (Wildman–Crippen LogP) is -0.348. The lowest BCUT2D eigenvalue weighted by molar-refractivity contribution is -0.129. The number of hydrogen-bond acceptors (Lipinski definition) is 4. The van der Waals surface area contributed by atoms with Gasteiger partial charge in [0, 0.05) is 19.3 Å². The number of rotatable bonds is 2. The van der Waals surface area contributed by atoms with Gasteiger partial charge in [0.05, 0.1) is 0 Å². The van der Waals surface area contributed by atoms with Crippen molar-refractivity contribution in [1.82, 2.24) is 10.3 Å². The van der Waals surface area contributed by atoms with Gasteiger partial charge >= 0.3 is 0 Å². The molecule has 1 spiro atoms. The fourth-order valence-electron chi connectivity index (χ4n) is 2.21. The Kier molecular flexibility index (Phi) is 2.56. The average Bonchev–Trinajstić information content (AvgIpc) is 3.01. The Morgan fingerprint density at radius 2 is 1.87 bits per heavy atom. The first-order chi connectivity index (χ1) is 7.21. The number of hydrazine groups is 1. The zero-order valence-corrected chi connectivity index (χ0v) is 8.83. The van der Waals surface area contributed by atoms with Gasteiger partial charge in [-0.25, -0.2) is 0 Å². The molecule has 2 fully saturated rings. The molecule has 1 saturated heterocycles. The van der Waals surface area contributed by atoms with Crippen LogP contribution in [0.3, 0.4) is 0 Å². The molecular weight excluding hydrogens is 192 g/mol. The maximum atomic E-state index is 11.8. The van der Waals surface area contributed by atoms with E-state index >= 15 is 0 Å². The summed E-state index contributed by atoms with van der Waals surface area (Å²) in [5.41, 5.74) is 8.50. The minimum absolute atomic E-state index is 0.0875. The first-order valence-electron chi connectivity index (χ1n) is 5.39. The van der Waals surface area contributed by atoms with E-state index in [1.54, 1.807) is 0 Å². The summed E-state index contributed by atoms with van der Waals surface area (Å²) in [5, 5.41) is 0. The number of hydrogen-bond donors (Lipinski definition) is 3. The van der Waals surface area contributed by atoms with E-state index in [4.69, 9.17) is 11.6 Å². The summed E-state index contributed by atoms with van der Waals surface area (Å²) in [4.78, 5) is 13.6. The average molecular weight is 210 g/mol. The molecule has 0 aromatic carbocycles. The van der Waals surface area contributed by atoms with Crippen LogP contribution in [0.5, 0.6) is 0 Å². The zero-order chi connectivity index (χ0) is 10.9. The van der Waals surface area contributed by atoms with Crippen molar-refractivity contribution in [3.8, 4) is 0 Å². The molecule has 0 aromatic heterocycles. The van der Waals surface area contributed by atoms with Crippen molar-refractivity contribution < 1.29 is 4.79 Å². The van der Waals surface area contributed by atoms with Crippen molar-refractivity contribution in [3.63, 3.8) is 0 Å². The Balaban J connectivity index is 1.92. The van der Waals surface area contributed by atoms with Crippen LogP contribution >= 0.6 is 0 Å². The summed E-state index contributed by atoms with van der Waals surface area (Å²) in [7, 11) is 0. The van der Waals surface area contributed by atoms with Gasteiger partial charge in [-0.15, -0.1) is 0 Å². The minimum atomic E-state index is -0.0875. The van der Waals surface area contributed by atoms with Crippen LogP contribution < -0.4 is 17.0 Å².